The molecule has 22 heavy (non-hydrogen) atoms. The van der Waals surface area contributed by atoms with Gasteiger partial charge in [-0.1, -0.05) is 78.1 Å². The van der Waals surface area contributed by atoms with Gasteiger partial charge in [0, 0.05) is 6.42 Å². The molecule has 1 unspecified atom stereocenters. The molecular weight excluding hydrogens is 272 g/mol. The average molecular weight is 311 g/mol. The molecule has 1 aliphatic rings. The standard InChI is InChI=1S/C20H38O2/c1-3-5-6-7-8-9-10-11-12-17-20(21)22-19(4-2)18-15-13-14-16-18/h18-19H,3-17H2,1-2H3. The third-order valence-electron chi connectivity index (χ3n) is 5.10. The van der Waals surface area contributed by atoms with Crippen LogP contribution in [-0.4, -0.2) is 12.1 Å². The van der Waals surface area contributed by atoms with Gasteiger partial charge in [0.05, 0.1) is 0 Å². The van der Waals surface area contributed by atoms with E-state index < -0.39 is 0 Å². The van der Waals surface area contributed by atoms with Crippen molar-refractivity contribution in [1.29, 1.82) is 0 Å². The third-order valence-corrected chi connectivity index (χ3v) is 5.10. The smallest absolute Gasteiger partial charge is 0.306 e. The fourth-order valence-electron chi connectivity index (χ4n) is 3.65. The molecule has 1 atom stereocenters. The van der Waals surface area contributed by atoms with Gasteiger partial charge in [-0.05, 0) is 31.6 Å². The molecule has 0 aliphatic heterocycles. The Morgan fingerprint density at radius 3 is 2.00 bits per heavy atom. The van der Waals surface area contributed by atoms with E-state index in [1.807, 2.05) is 0 Å². The molecule has 0 aromatic carbocycles. The van der Waals surface area contributed by atoms with E-state index >= 15 is 0 Å². The van der Waals surface area contributed by atoms with Crippen molar-refractivity contribution in [3.05, 3.63) is 0 Å². The van der Waals surface area contributed by atoms with Crippen LogP contribution >= 0.6 is 0 Å². The first-order valence-corrected chi connectivity index (χ1v) is 9.97. The Morgan fingerprint density at radius 1 is 0.909 bits per heavy atom. The summed E-state index contributed by atoms with van der Waals surface area (Å²) in [7, 11) is 0. The molecule has 0 aromatic rings. The van der Waals surface area contributed by atoms with Crippen LogP contribution in [0.2, 0.25) is 0 Å². The van der Waals surface area contributed by atoms with Crippen LogP contribution in [0.1, 0.15) is 110 Å². The quantitative estimate of drug-likeness (QED) is 0.290. The number of hydrogen-bond donors (Lipinski definition) is 0. The first-order chi connectivity index (χ1) is 10.8. The normalized spacial score (nSPS) is 16.8. The topological polar surface area (TPSA) is 26.3 Å². The van der Waals surface area contributed by atoms with Gasteiger partial charge in [-0.25, -0.2) is 0 Å². The lowest BCUT2D eigenvalue weighted by atomic mass is 9.99. The summed E-state index contributed by atoms with van der Waals surface area (Å²) in [5, 5.41) is 0. The number of hydrogen-bond acceptors (Lipinski definition) is 2. The first-order valence-electron chi connectivity index (χ1n) is 9.97. The van der Waals surface area contributed by atoms with E-state index in [0.717, 1.165) is 12.8 Å². The van der Waals surface area contributed by atoms with Crippen molar-refractivity contribution in [2.45, 2.75) is 116 Å². The molecule has 0 aromatic heterocycles. The molecule has 1 fully saturated rings. The molecule has 2 heteroatoms. The van der Waals surface area contributed by atoms with E-state index in [1.54, 1.807) is 0 Å². The van der Waals surface area contributed by atoms with Crippen molar-refractivity contribution in [2.75, 3.05) is 0 Å². The molecule has 0 spiro atoms. The molecule has 0 radical (unpaired) electrons. The van der Waals surface area contributed by atoms with E-state index in [1.165, 1.54) is 77.0 Å². The zero-order valence-electron chi connectivity index (χ0n) is 15.1. The Hall–Kier alpha value is -0.530. The van der Waals surface area contributed by atoms with Gasteiger partial charge in [-0.3, -0.25) is 4.79 Å². The zero-order chi connectivity index (χ0) is 16.0. The van der Waals surface area contributed by atoms with Gasteiger partial charge in [0.2, 0.25) is 0 Å². The molecule has 1 rings (SSSR count). The highest BCUT2D eigenvalue weighted by Gasteiger charge is 2.26. The minimum atomic E-state index is 0.0432. The summed E-state index contributed by atoms with van der Waals surface area (Å²) in [4.78, 5) is 12.0. The van der Waals surface area contributed by atoms with Gasteiger partial charge < -0.3 is 4.74 Å². The highest BCUT2D eigenvalue weighted by atomic mass is 16.5. The Bertz CT molecular complexity index is 269. The summed E-state index contributed by atoms with van der Waals surface area (Å²) in [6.45, 7) is 4.41. The van der Waals surface area contributed by atoms with E-state index in [4.69, 9.17) is 4.74 Å². The van der Waals surface area contributed by atoms with Gasteiger partial charge in [0.1, 0.15) is 6.10 Å². The van der Waals surface area contributed by atoms with Crippen LogP contribution in [0, 0.1) is 5.92 Å². The number of unbranched alkanes of at least 4 members (excludes halogenated alkanes) is 8. The molecule has 0 heterocycles. The Balaban J connectivity index is 1.96. The summed E-state index contributed by atoms with van der Waals surface area (Å²) in [6, 6.07) is 0. The van der Waals surface area contributed by atoms with E-state index in [2.05, 4.69) is 13.8 Å². The number of carbonyl (C=O) groups excluding carboxylic acids is 1. The third kappa shape index (κ3) is 8.80. The van der Waals surface area contributed by atoms with Crippen molar-refractivity contribution in [2.24, 2.45) is 5.92 Å². The van der Waals surface area contributed by atoms with Crippen molar-refractivity contribution >= 4 is 5.97 Å². The lowest BCUT2D eigenvalue weighted by molar-refractivity contribution is -0.152. The average Bonchev–Trinajstić information content (AvgIpc) is 3.05. The molecule has 0 N–H and O–H groups in total. The van der Waals surface area contributed by atoms with E-state index in [9.17, 15) is 4.79 Å². The Labute approximate surface area is 138 Å². The van der Waals surface area contributed by atoms with Crippen LogP contribution in [0.4, 0.5) is 0 Å². The summed E-state index contributed by atoms with van der Waals surface area (Å²) in [5.74, 6) is 0.679. The fourth-order valence-corrected chi connectivity index (χ4v) is 3.65. The van der Waals surface area contributed by atoms with Crippen LogP contribution in [0.3, 0.4) is 0 Å². The van der Waals surface area contributed by atoms with Crippen molar-refractivity contribution in [1.82, 2.24) is 0 Å². The van der Waals surface area contributed by atoms with Crippen LogP contribution < -0.4 is 0 Å². The predicted molar refractivity (Wildman–Crippen MR) is 94.0 cm³/mol. The number of rotatable bonds is 13. The number of carbonyl (C=O) groups is 1. The van der Waals surface area contributed by atoms with Crippen LogP contribution in [0.15, 0.2) is 0 Å². The molecular formula is C20H38O2. The van der Waals surface area contributed by atoms with Gasteiger partial charge in [-0.2, -0.15) is 0 Å². The monoisotopic (exact) mass is 310 g/mol. The van der Waals surface area contributed by atoms with Crippen molar-refractivity contribution in [3.63, 3.8) is 0 Å². The zero-order valence-corrected chi connectivity index (χ0v) is 15.1. The van der Waals surface area contributed by atoms with Crippen LogP contribution in [0.5, 0.6) is 0 Å². The second kappa shape index (κ2) is 13.0. The second-order valence-corrected chi connectivity index (χ2v) is 7.06. The van der Waals surface area contributed by atoms with Crippen LogP contribution in [0.25, 0.3) is 0 Å². The van der Waals surface area contributed by atoms with E-state index in [0.29, 0.717) is 12.3 Å². The molecule has 0 saturated heterocycles. The van der Waals surface area contributed by atoms with Gasteiger partial charge in [-0.15, -0.1) is 0 Å². The summed E-state index contributed by atoms with van der Waals surface area (Å²) < 4.78 is 5.72. The predicted octanol–water partition coefficient (Wildman–Crippen LogP) is 6.42. The second-order valence-electron chi connectivity index (χ2n) is 7.06. The van der Waals surface area contributed by atoms with Gasteiger partial charge >= 0.3 is 5.97 Å². The highest BCUT2D eigenvalue weighted by molar-refractivity contribution is 5.69. The summed E-state index contributed by atoms with van der Waals surface area (Å²) in [5.41, 5.74) is 0. The largest absolute Gasteiger partial charge is 0.462 e. The number of ether oxygens (including phenoxy) is 1. The molecule has 130 valence electrons. The van der Waals surface area contributed by atoms with Crippen molar-refractivity contribution < 1.29 is 9.53 Å². The lowest BCUT2D eigenvalue weighted by Crippen LogP contribution is -2.24. The van der Waals surface area contributed by atoms with Gasteiger partial charge in [0.15, 0.2) is 0 Å². The minimum Gasteiger partial charge on any atom is -0.462 e. The molecule has 0 amide bonds. The maximum Gasteiger partial charge on any atom is 0.306 e. The molecule has 0 bridgehead atoms. The molecule has 1 saturated carbocycles. The van der Waals surface area contributed by atoms with E-state index in [-0.39, 0.29) is 12.1 Å². The number of esters is 1. The molecule has 2 nitrogen and oxygen atoms in total. The maximum absolute atomic E-state index is 12.0. The SMILES string of the molecule is CCCCCCCCCCCC(=O)OC(CC)C1CCCC1. The maximum atomic E-state index is 12.0. The Morgan fingerprint density at radius 2 is 1.45 bits per heavy atom. The fraction of sp³-hybridized carbons (Fsp3) is 0.950. The summed E-state index contributed by atoms with van der Waals surface area (Å²) >= 11 is 0. The Kier molecular flexibility index (Phi) is 11.5. The first kappa shape index (κ1) is 19.5. The minimum absolute atomic E-state index is 0.0432. The van der Waals surface area contributed by atoms with Gasteiger partial charge in [0.25, 0.3) is 0 Å². The lowest BCUT2D eigenvalue weighted by Gasteiger charge is -2.22. The summed E-state index contributed by atoms with van der Waals surface area (Å²) in [6.07, 6.45) is 18.6. The molecule has 1 aliphatic carbocycles. The van der Waals surface area contributed by atoms with Crippen molar-refractivity contribution in [3.8, 4) is 0 Å². The highest BCUT2D eigenvalue weighted by Crippen LogP contribution is 2.30. The van der Waals surface area contributed by atoms with Crippen LogP contribution in [-0.2, 0) is 9.53 Å².